The summed E-state index contributed by atoms with van der Waals surface area (Å²) in [5.74, 6) is 0.146. The van der Waals surface area contributed by atoms with Gasteiger partial charge in [-0.1, -0.05) is 6.42 Å². The van der Waals surface area contributed by atoms with Crippen molar-refractivity contribution in [2.75, 3.05) is 18.4 Å². The lowest BCUT2D eigenvalue weighted by molar-refractivity contribution is -0.384. The fraction of sp³-hybridized carbons (Fsp3) is 0.278. The molecule has 1 N–H and O–H groups in total. The molecular weight excluding hydrogens is 386 g/mol. The Labute approximate surface area is 162 Å². The van der Waals surface area contributed by atoms with Crippen LogP contribution in [0.4, 0.5) is 16.2 Å². The number of anilines is 1. The number of hydrogen-bond donors (Lipinski definition) is 1. The van der Waals surface area contributed by atoms with Gasteiger partial charge in [-0.3, -0.25) is 15.4 Å². The molecule has 0 unspecified atom stereocenters. The molecule has 0 bridgehead atoms. The topological polar surface area (TPSA) is 119 Å². The minimum Gasteiger partial charge on any atom is -0.410 e. The second kappa shape index (κ2) is 8.36. The summed E-state index contributed by atoms with van der Waals surface area (Å²) in [4.78, 5) is 22.2. The maximum atomic E-state index is 12.6. The van der Waals surface area contributed by atoms with E-state index in [9.17, 15) is 23.3 Å². The van der Waals surface area contributed by atoms with Crippen LogP contribution in [-0.2, 0) is 10.0 Å². The highest BCUT2D eigenvalue weighted by molar-refractivity contribution is 7.89. The molecule has 2 aromatic rings. The number of nitro benzene ring substituents is 1. The highest BCUT2D eigenvalue weighted by atomic mass is 32.2. The summed E-state index contributed by atoms with van der Waals surface area (Å²) in [5, 5.41) is 13.1. The third-order valence-corrected chi connectivity index (χ3v) is 6.22. The smallest absolute Gasteiger partial charge is 0.410 e. The number of nitrogens with zero attached hydrogens (tertiary/aromatic N) is 2. The van der Waals surface area contributed by atoms with E-state index in [0.29, 0.717) is 18.8 Å². The normalized spacial score (nSPS) is 15.0. The number of piperidine rings is 1. The second-order valence-electron chi connectivity index (χ2n) is 6.25. The lowest BCUT2D eigenvalue weighted by atomic mass is 10.2. The average molecular weight is 405 g/mol. The lowest BCUT2D eigenvalue weighted by Crippen LogP contribution is -2.35. The molecule has 2 aromatic carbocycles. The minimum atomic E-state index is -3.53. The fourth-order valence-corrected chi connectivity index (χ4v) is 4.37. The summed E-state index contributed by atoms with van der Waals surface area (Å²) in [7, 11) is -3.53. The number of carbonyl (C=O) groups is 1. The van der Waals surface area contributed by atoms with Crippen molar-refractivity contribution in [1.29, 1.82) is 0 Å². The lowest BCUT2D eigenvalue weighted by Gasteiger charge is -2.25. The molecule has 1 amide bonds. The predicted molar refractivity (Wildman–Crippen MR) is 102 cm³/mol. The third kappa shape index (κ3) is 4.65. The van der Waals surface area contributed by atoms with Gasteiger partial charge in [0.05, 0.1) is 9.82 Å². The van der Waals surface area contributed by atoms with Crippen LogP contribution in [-0.4, -0.2) is 36.8 Å². The van der Waals surface area contributed by atoms with Crippen LogP contribution in [0.1, 0.15) is 19.3 Å². The van der Waals surface area contributed by atoms with Gasteiger partial charge in [-0.15, -0.1) is 0 Å². The van der Waals surface area contributed by atoms with E-state index in [2.05, 4.69) is 5.32 Å². The van der Waals surface area contributed by atoms with E-state index in [-0.39, 0.29) is 16.3 Å². The van der Waals surface area contributed by atoms with Crippen LogP contribution in [0, 0.1) is 10.1 Å². The number of non-ortho nitro benzene ring substituents is 1. The minimum absolute atomic E-state index is 0.113. The number of sulfonamides is 1. The Hall–Kier alpha value is -2.98. The van der Waals surface area contributed by atoms with Gasteiger partial charge in [0.1, 0.15) is 5.75 Å². The SMILES string of the molecule is O=C(Nc1ccc(S(=O)(=O)N2CCCCC2)cc1)Oc1ccc([N+](=O)[O-])cc1. The van der Waals surface area contributed by atoms with Crippen LogP contribution in [0.5, 0.6) is 5.75 Å². The van der Waals surface area contributed by atoms with Gasteiger partial charge in [0.2, 0.25) is 10.0 Å². The molecule has 1 aliphatic heterocycles. The van der Waals surface area contributed by atoms with Crippen molar-refractivity contribution >= 4 is 27.5 Å². The van der Waals surface area contributed by atoms with Crippen molar-refractivity contribution < 1.29 is 22.9 Å². The van der Waals surface area contributed by atoms with E-state index in [1.165, 1.54) is 52.8 Å². The van der Waals surface area contributed by atoms with Crippen LogP contribution in [0.3, 0.4) is 0 Å². The second-order valence-corrected chi connectivity index (χ2v) is 8.19. The molecule has 1 heterocycles. The first-order valence-electron chi connectivity index (χ1n) is 8.70. The van der Waals surface area contributed by atoms with Gasteiger partial charge < -0.3 is 4.74 Å². The van der Waals surface area contributed by atoms with Crippen LogP contribution in [0.15, 0.2) is 53.4 Å². The Bertz CT molecular complexity index is 952. The largest absolute Gasteiger partial charge is 0.417 e. The van der Waals surface area contributed by atoms with Gasteiger partial charge in [-0.2, -0.15) is 4.31 Å². The number of amides is 1. The zero-order valence-electron chi connectivity index (χ0n) is 14.9. The third-order valence-electron chi connectivity index (χ3n) is 4.31. The summed E-state index contributed by atoms with van der Waals surface area (Å²) >= 11 is 0. The quantitative estimate of drug-likeness (QED) is 0.602. The number of nitro groups is 1. The average Bonchev–Trinajstić information content (AvgIpc) is 2.69. The van der Waals surface area contributed by atoms with E-state index in [1.54, 1.807) is 0 Å². The molecule has 10 heteroatoms. The van der Waals surface area contributed by atoms with Crippen LogP contribution in [0.25, 0.3) is 0 Å². The highest BCUT2D eigenvalue weighted by Gasteiger charge is 2.25. The summed E-state index contributed by atoms with van der Waals surface area (Å²) in [6.07, 6.45) is 1.95. The summed E-state index contributed by atoms with van der Waals surface area (Å²) < 4.78 is 31.7. The van der Waals surface area contributed by atoms with Crippen LogP contribution >= 0.6 is 0 Å². The molecule has 3 rings (SSSR count). The van der Waals surface area contributed by atoms with Crippen molar-refractivity contribution in [2.45, 2.75) is 24.2 Å². The maximum absolute atomic E-state index is 12.6. The van der Waals surface area contributed by atoms with Crippen LogP contribution < -0.4 is 10.1 Å². The zero-order valence-corrected chi connectivity index (χ0v) is 15.7. The van der Waals surface area contributed by atoms with Gasteiger partial charge in [-0.05, 0) is 49.2 Å². The Morgan fingerprint density at radius 3 is 2.18 bits per heavy atom. The summed E-state index contributed by atoms with van der Waals surface area (Å²) in [5.41, 5.74) is 0.253. The summed E-state index contributed by atoms with van der Waals surface area (Å²) in [6, 6.07) is 10.9. The van der Waals surface area contributed by atoms with Gasteiger partial charge in [0, 0.05) is 30.9 Å². The zero-order chi connectivity index (χ0) is 20.1. The van der Waals surface area contributed by atoms with Crippen LogP contribution in [0.2, 0.25) is 0 Å². The molecule has 1 fully saturated rings. The molecule has 0 aliphatic carbocycles. The van der Waals surface area contributed by atoms with Crippen molar-refractivity contribution in [3.05, 3.63) is 58.6 Å². The Balaban J connectivity index is 1.62. The van der Waals surface area contributed by atoms with Gasteiger partial charge >= 0.3 is 6.09 Å². The number of nitrogens with one attached hydrogen (secondary N) is 1. The molecule has 148 valence electrons. The van der Waals surface area contributed by atoms with E-state index in [0.717, 1.165) is 19.3 Å². The first-order chi connectivity index (χ1) is 13.4. The maximum Gasteiger partial charge on any atom is 0.417 e. The van der Waals surface area contributed by atoms with E-state index < -0.39 is 21.0 Å². The fourth-order valence-electron chi connectivity index (χ4n) is 2.85. The first-order valence-corrected chi connectivity index (χ1v) is 10.1. The standard InChI is InChI=1S/C18H19N3O6S/c22-18(27-16-8-6-15(7-9-16)21(23)24)19-14-4-10-17(11-5-14)28(25,26)20-12-2-1-3-13-20/h4-11H,1-3,12-13H2,(H,19,22). The van der Waals surface area contributed by atoms with Gasteiger partial charge in [0.15, 0.2) is 0 Å². The monoisotopic (exact) mass is 405 g/mol. The van der Waals surface area contributed by atoms with E-state index in [1.807, 2.05) is 0 Å². The number of benzene rings is 2. The van der Waals surface area contributed by atoms with Crippen molar-refractivity contribution in [2.24, 2.45) is 0 Å². The number of carbonyl (C=O) groups excluding carboxylic acids is 1. The molecular formula is C18H19N3O6S. The molecule has 0 spiro atoms. The highest BCUT2D eigenvalue weighted by Crippen LogP contribution is 2.22. The van der Waals surface area contributed by atoms with Crippen molar-refractivity contribution in [1.82, 2.24) is 4.31 Å². The van der Waals surface area contributed by atoms with E-state index in [4.69, 9.17) is 4.74 Å². The van der Waals surface area contributed by atoms with E-state index >= 15 is 0 Å². The number of rotatable bonds is 5. The molecule has 0 aromatic heterocycles. The Morgan fingerprint density at radius 2 is 1.61 bits per heavy atom. The van der Waals surface area contributed by atoms with Gasteiger partial charge in [0.25, 0.3) is 5.69 Å². The molecule has 0 atom stereocenters. The van der Waals surface area contributed by atoms with Gasteiger partial charge in [-0.25, -0.2) is 13.2 Å². The number of hydrogen-bond acceptors (Lipinski definition) is 6. The van der Waals surface area contributed by atoms with Crippen molar-refractivity contribution in [3.8, 4) is 5.75 Å². The number of ether oxygens (including phenoxy) is 1. The molecule has 9 nitrogen and oxygen atoms in total. The molecule has 28 heavy (non-hydrogen) atoms. The molecule has 0 radical (unpaired) electrons. The predicted octanol–water partition coefficient (Wildman–Crippen LogP) is 3.38. The Morgan fingerprint density at radius 1 is 1.00 bits per heavy atom. The molecule has 1 saturated heterocycles. The molecule has 0 saturated carbocycles. The molecule has 1 aliphatic rings. The van der Waals surface area contributed by atoms with Crippen molar-refractivity contribution in [3.63, 3.8) is 0 Å². The summed E-state index contributed by atoms with van der Waals surface area (Å²) in [6.45, 7) is 1.04. The Kier molecular flexibility index (Phi) is 5.90. The first kappa shape index (κ1) is 19.8.